The monoisotopic (exact) mass is 340 g/mol. The Balaban J connectivity index is 1.39. The summed E-state index contributed by atoms with van der Waals surface area (Å²) in [6, 6.07) is 9.02. The summed E-state index contributed by atoms with van der Waals surface area (Å²) in [4.78, 5) is 16.2. The van der Waals surface area contributed by atoms with Crippen molar-refractivity contribution < 1.29 is 18.8 Å². The second-order valence-electron chi connectivity index (χ2n) is 5.80. The number of nitrogens with zero attached hydrogens (tertiary/aromatic N) is 3. The average molecular weight is 340 g/mol. The van der Waals surface area contributed by atoms with Crippen molar-refractivity contribution in [3.8, 4) is 17.1 Å². The molecule has 0 spiro atoms. The number of hydrogen-bond donors (Lipinski definition) is 1. The van der Waals surface area contributed by atoms with Gasteiger partial charge in [-0.25, -0.2) is 4.79 Å². The van der Waals surface area contributed by atoms with Crippen molar-refractivity contribution >= 4 is 5.97 Å². The summed E-state index contributed by atoms with van der Waals surface area (Å²) >= 11 is 0. The highest BCUT2D eigenvalue weighted by atomic mass is 16.6. The largest absolute Gasteiger partial charge is 0.497 e. The zero-order chi connectivity index (χ0) is 17.2. The van der Waals surface area contributed by atoms with Crippen molar-refractivity contribution in [2.75, 3.05) is 7.11 Å². The van der Waals surface area contributed by atoms with Gasteiger partial charge in [0.1, 0.15) is 5.75 Å². The molecule has 0 amide bonds. The van der Waals surface area contributed by atoms with E-state index in [4.69, 9.17) is 14.0 Å². The number of benzene rings is 1. The van der Waals surface area contributed by atoms with Crippen LogP contribution in [0.3, 0.4) is 0 Å². The number of aromatic amines is 1. The number of carbonyl (C=O) groups is 1. The van der Waals surface area contributed by atoms with Crippen LogP contribution in [-0.2, 0) is 11.3 Å². The molecule has 1 saturated carbocycles. The third-order valence-corrected chi connectivity index (χ3v) is 3.95. The van der Waals surface area contributed by atoms with Crippen LogP contribution < -0.4 is 4.74 Å². The van der Waals surface area contributed by atoms with E-state index < -0.39 is 5.97 Å². The summed E-state index contributed by atoms with van der Waals surface area (Å²) < 4.78 is 15.5. The first kappa shape index (κ1) is 15.4. The fourth-order valence-corrected chi connectivity index (χ4v) is 2.44. The molecule has 1 aromatic carbocycles. The van der Waals surface area contributed by atoms with Gasteiger partial charge in [-0.3, -0.25) is 5.10 Å². The number of hydrogen-bond acceptors (Lipinski definition) is 7. The number of nitrogens with one attached hydrogen (secondary N) is 1. The van der Waals surface area contributed by atoms with Gasteiger partial charge in [0.2, 0.25) is 5.82 Å². The molecule has 4 rings (SSSR count). The van der Waals surface area contributed by atoms with E-state index in [9.17, 15) is 4.79 Å². The van der Waals surface area contributed by atoms with Crippen LogP contribution in [0.4, 0.5) is 0 Å². The van der Waals surface area contributed by atoms with Crippen molar-refractivity contribution in [3.63, 3.8) is 0 Å². The van der Waals surface area contributed by atoms with E-state index >= 15 is 0 Å². The summed E-state index contributed by atoms with van der Waals surface area (Å²) in [5, 5.41) is 10.7. The predicted octanol–water partition coefficient (Wildman–Crippen LogP) is 2.70. The molecule has 0 bridgehead atoms. The normalized spacial score (nSPS) is 13.6. The Kier molecular flexibility index (Phi) is 3.93. The molecule has 8 heteroatoms. The van der Waals surface area contributed by atoms with Gasteiger partial charge in [0.15, 0.2) is 12.3 Å². The highest BCUT2D eigenvalue weighted by Gasteiger charge is 2.27. The van der Waals surface area contributed by atoms with Crippen LogP contribution >= 0.6 is 0 Å². The fourth-order valence-electron chi connectivity index (χ4n) is 2.44. The van der Waals surface area contributed by atoms with Crippen LogP contribution in [-0.4, -0.2) is 33.4 Å². The Morgan fingerprint density at radius 2 is 2.24 bits per heavy atom. The topological polar surface area (TPSA) is 103 Å². The maximum absolute atomic E-state index is 12.0. The van der Waals surface area contributed by atoms with Crippen LogP contribution in [0.1, 0.15) is 40.8 Å². The lowest BCUT2D eigenvalue weighted by atomic mass is 10.2. The third-order valence-electron chi connectivity index (χ3n) is 3.95. The molecule has 0 saturated heterocycles. The Morgan fingerprint density at radius 3 is 3.04 bits per heavy atom. The second kappa shape index (κ2) is 6.39. The Hall–Kier alpha value is -3.16. The van der Waals surface area contributed by atoms with Gasteiger partial charge in [0, 0.05) is 17.2 Å². The van der Waals surface area contributed by atoms with Crippen LogP contribution in [0.2, 0.25) is 0 Å². The predicted molar refractivity (Wildman–Crippen MR) is 86.0 cm³/mol. The van der Waals surface area contributed by atoms with E-state index in [0.29, 0.717) is 17.5 Å². The Labute approximate surface area is 143 Å². The Morgan fingerprint density at radius 1 is 1.36 bits per heavy atom. The van der Waals surface area contributed by atoms with Crippen molar-refractivity contribution in [1.82, 2.24) is 20.3 Å². The number of aromatic nitrogens is 4. The number of carbonyl (C=O) groups excluding carboxylic acids is 1. The third kappa shape index (κ3) is 3.37. The maximum Gasteiger partial charge on any atom is 0.359 e. The lowest BCUT2D eigenvalue weighted by molar-refractivity contribution is 0.0423. The summed E-state index contributed by atoms with van der Waals surface area (Å²) in [5.41, 5.74) is 1.99. The molecule has 0 aliphatic heterocycles. The highest BCUT2D eigenvalue weighted by Crippen LogP contribution is 2.39. The van der Waals surface area contributed by atoms with E-state index in [-0.39, 0.29) is 18.2 Å². The van der Waals surface area contributed by atoms with Gasteiger partial charge in [-0.15, -0.1) is 0 Å². The summed E-state index contributed by atoms with van der Waals surface area (Å²) in [6.45, 7) is -0.110. The molecule has 0 unspecified atom stereocenters. The fraction of sp³-hybridized carbons (Fsp3) is 0.294. The van der Waals surface area contributed by atoms with E-state index in [1.165, 1.54) is 0 Å². The van der Waals surface area contributed by atoms with Crippen LogP contribution in [0.15, 0.2) is 34.9 Å². The van der Waals surface area contributed by atoms with Crippen LogP contribution in [0.25, 0.3) is 11.4 Å². The first-order valence-corrected chi connectivity index (χ1v) is 7.92. The van der Waals surface area contributed by atoms with Crippen LogP contribution in [0, 0.1) is 0 Å². The van der Waals surface area contributed by atoms with Crippen molar-refractivity contribution in [2.24, 2.45) is 0 Å². The SMILES string of the molecule is COc1cccc(-c2noc(COC(=O)c3cc(C4CC4)[nH]n3)n2)c1. The number of esters is 1. The van der Waals surface area contributed by atoms with Gasteiger partial charge in [-0.05, 0) is 31.0 Å². The van der Waals surface area contributed by atoms with Gasteiger partial charge in [0.05, 0.1) is 7.11 Å². The minimum atomic E-state index is -0.524. The number of methoxy groups -OCH3 is 1. The van der Waals surface area contributed by atoms with E-state index in [1.807, 2.05) is 18.2 Å². The summed E-state index contributed by atoms with van der Waals surface area (Å²) in [5.74, 6) is 1.28. The molecule has 1 fully saturated rings. The molecule has 128 valence electrons. The molecule has 2 aromatic heterocycles. The van der Waals surface area contributed by atoms with Crippen molar-refractivity contribution in [1.29, 1.82) is 0 Å². The summed E-state index contributed by atoms with van der Waals surface area (Å²) in [7, 11) is 1.59. The first-order valence-electron chi connectivity index (χ1n) is 7.92. The lowest BCUT2D eigenvalue weighted by Gasteiger charge is -2.00. The molecule has 1 N–H and O–H groups in total. The smallest absolute Gasteiger partial charge is 0.359 e. The number of rotatable bonds is 6. The van der Waals surface area contributed by atoms with Gasteiger partial charge >= 0.3 is 5.97 Å². The molecular formula is C17H16N4O4. The zero-order valence-electron chi connectivity index (χ0n) is 13.6. The van der Waals surface area contributed by atoms with E-state index in [1.54, 1.807) is 19.2 Å². The molecule has 25 heavy (non-hydrogen) atoms. The van der Waals surface area contributed by atoms with Crippen molar-refractivity contribution in [3.05, 3.63) is 47.6 Å². The maximum atomic E-state index is 12.0. The molecule has 3 aromatic rings. The quantitative estimate of drug-likeness (QED) is 0.688. The number of H-pyrrole nitrogens is 1. The van der Waals surface area contributed by atoms with Gasteiger partial charge in [-0.1, -0.05) is 17.3 Å². The van der Waals surface area contributed by atoms with Gasteiger partial charge in [-0.2, -0.15) is 10.1 Å². The molecule has 0 radical (unpaired) electrons. The molecular weight excluding hydrogens is 324 g/mol. The minimum absolute atomic E-state index is 0.110. The van der Waals surface area contributed by atoms with E-state index in [0.717, 1.165) is 24.1 Å². The van der Waals surface area contributed by atoms with Gasteiger partial charge in [0.25, 0.3) is 5.89 Å². The molecule has 2 heterocycles. The number of ether oxygens (including phenoxy) is 2. The second-order valence-corrected chi connectivity index (χ2v) is 5.80. The Bertz CT molecular complexity index is 897. The summed E-state index contributed by atoms with van der Waals surface area (Å²) in [6.07, 6.45) is 2.26. The lowest BCUT2D eigenvalue weighted by Crippen LogP contribution is -2.05. The molecule has 0 atom stereocenters. The first-order chi connectivity index (χ1) is 12.2. The molecule has 1 aliphatic carbocycles. The molecule has 8 nitrogen and oxygen atoms in total. The van der Waals surface area contributed by atoms with Crippen molar-refractivity contribution in [2.45, 2.75) is 25.4 Å². The standard InChI is InChI=1S/C17H16N4O4/c1-23-12-4-2-3-11(7-12)16-18-15(25-21-16)9-24-17(22)14-8-13(19-20-14)10-5-6-10/h2-4,7-8,10H,5-6,9H2,1H3,(H,19,20). The average Bonchev–Trinajstić information content (AvgIpc) is 3.19. The van der Waals surface area contributed by atoms with Crippen LogP contribution in [0.5, 0.6) is 5.75 Å². The zero-order valence-corrected chi connectivity index (χ0v) is 13.6. The van der Waals surface area contributed by atoms with E-state index in [2.05, 4.69) is 20.3 Å². The van der Waals surface area contributed by atoms with Gasteiger partial charge < -0.3 is 14.0 Å². The molecule has 1 aliphatic rings. The minimum Gasteiger partial charge on any atom is -0.497 e. The highest BCUT2D eigenvalue weighted by molar-refractivity contribution is 5.87.